The number of hydrogen-bond acceptors (Lipinski definition) is 4. The van der Waals surface area contributed by atoms with Gasteiger partial charge in [0, 0.05) is 42.3 Å². The van der Waals surface area contributed by atoms with Crippen molar-refractivity contribution in [2.75, 3.05) is 11.9 Å². The molecule has 0 amide bonds. The first kappa shape index (κ1) is 16.5. The Morgan fingerprint density at radius 3 is 1.95 bits per heavy atom. The van der Waals surface area contributed by atoms with E-state index in [4.69, 9.17) is 0 Å². The van der Waals surface area contributed by atoms with Gasteiger partial charge in [-0.3, -0.25) is 4.68 Å². The Labute approximate surface area is 133 Å². The van der Waals surface area contributed by atoms with E-state index in [9.17, 15) is 0 Å². The number of aromatic nitrogens is 4. The van der Waals surface area contributed by atoms with Crippen LogP contribution >= 0.6 is 0 Å². The highest BCUT2D eigenvalue weighted by Gasteiger charge is 2.17. The molecule has 0 unspecified atom stereocenters. The van der Waals surface area contributed by atoms with E-state index in [-0.39, 0.29) is 0 Å². The highest BCUT2D eigenvalue weighted by molar-refractivity contribution is 5.38. The zero-order valence-electron chi connectivity index (χ0n) is 15.0. The summed E-state index contributed by atoms with van der Waals surface area (Å²) in [5.41, 5.74) is 6.81. The minimum absolute atomic E-state index is 0.373. The Hall–Kier alpha value is -1.91. The van der Waals surface area contributed by atoms with Crippen molar-refractivity contribution in [3.05, 3.63) is 33.9 Å². The molecule has 2 aromatic heterocycles. The molecule has 0 saturated heterocycles. The number of hydrogen-bond donors (Lipinski definition) is 0. The van der Waals surface area contributed by atoms with Crippen LogP contribution in [0.3, 0.4) is 0 Å². The highest BCUT2D eigenvalue weighted by Crippen LogP contribution is 2.21. The molecule has 22 heavy (non-hydrogen) atoms. The molecule has 2 heterocycles. The van der Waals surface area contributed by atoms with Gasteiger partial charge >= 0.3 is 0 Å². The van der Waals surface area contributed by atoms with Gasteiger partial charge in [0.2, 0.25) is 5.95 Å². The Kier molecular flexibility index (Phi) is 4.54. The molecule has 2 aromatic rings. The van der Waals surface area contributed by atoms with Crippen LogP contribution in [-0.2, 0) is 6.54 Å². The van der Waals surface area contributed by atoms with Crippen molar-refractivity contribution in [1.82, 2.24) is 19.7 Å². The Morgan fingerprint density at radius 2 is 1.50 bits per heavy atom. The molecule has 0 saturated carbocycles. The minimum atomic E-state index is 0.373. The molecule has 0 fully saturated rings. The van der Waals surface area contributed by atoms with Gasteiger partial charge in [0.1, 0.15) is 0 Å². The van der Waals surface area contributed by atoms with Crippen LogP contribution in [0.15, 0.2) is 0 Å². The first-order valence-electron chi connectivity index (χ1n) is 7.80. The van der Waals surface area contributed by atoms with Crippen LogP contribution in [0, 0.1) is 34.6 Å². The second kappa shape index (κ2) is 6.07. The molecular weight excluding hydrogens is 274 g/mol. The van der Waals surface area contributed by atoms with Gasteiger partial charge < -0.3 is 4.90 Å². The third-order valence-electron chi connectivity index (χ3n) is 4.32. The van der Waals surface area contributed by atoms with Gasteiger partial charge in [0.25, 0.3) is 0 Å². The molecule has 0 aliphatic heterocycles. The van der Waals surface area contributed by atoms with E-state index < -0.39 is 0 Å². The Balaban J connectivity index is 2.32. The van der Waals surface area contributed by atoms with E-state index in [0.29, 0.717) is 6.04 Å². The van der Waals surface area contributed by atoms with E-state index in [1.807, 2.05) is 20.9 Å². The molecule has 0 radical (unpaired) electrons. The van der Waals surface area contributed by atoms with Crippen LogP contribution in [0.5, 0.6) is 0 Å². The molecule has 0 spiro atoms. The zero-order valence-corrected chi connectivity index (χ0v) is 15.0. The molecule has 0 bridgehead atoms. The molecular formula is C17H27N5. The average Bonchev–Trinajstić information content (AvgIpc) is 2.72. The third-order valence-corrected chi connectivity index (χ3v) is 4.32. The predicted octanol–water partition coefficient (Wildman–Crippen LogP) is 3.43. The Bertz CT molecular complexity index is 662. The second-order valence-electron chi connectivity index (χ2n) is 6.36. The van der Waals surface area contributed by atoms with Crippen LogP contribution in [0.25, 0.3) is 0 Å². The molecule has 0 aliphatic carbocycles. The summed E-state index contributed by atoms with van der Waals surface area (Å²) in [6, 6.07) is 0.373. The van der Waals surface area contributed by atoms with E-state index in [1.165, 1.54) is 11.3 Å². The van der Waals surface area contributed by atoms with Gasteiger partial charge in [0.05, 0.1) is 5.69 Å². The highest BCUT2D eigenvalue weighted by atomic mass is 15.3. The molecule has 2 rings (SSSR count). The van der Waals surface area contributed by atoms with Crippen LogP contribution in [0.4, 0.5) is 5.95 Å². The van der Waals surface area contributed by atoms with Gasteiger partial charge in [-0.1, -0.05) is 0 Å². The molecule has 120 valence electrons. The smallest absolute Gasteiger partial charge is 0.225 e. The summed E-state index contributed by atoms with van der Waals surface area (Å²) in [4.78, 5) is 11.3. The largest absolute Gasteiger partial charge is 0.339 e. The topological polar surface area (TPSA) is 46.8 Å². The maximum Gasteiger partial charge on any atom is 0.225 e. The molecule has 0 atom stereocenters. The van der Waals surface area contributed by atoms with Gasteiger partial charge in [0.15, 0.2) is 0 Å². The lowest BCUT2D eigenvalue weighted by atomic mass is 10.2. The first-order chi connectivity index (χ1) is 10.2. The fourth-order valence-corrected chi connectivity index (χ4v) is 2.66. The average molecular weight is 301 g/mol. The quantitative estimate of drug-likeness (QED) is 0.868. The van der Waals surface area contributed by atoms with Gasteiger partial charge in [-0.25, -0.2) is 9.97 Å². The van der Waals surface area contributed by atoms with Crippen molar-refractivity contribution in [1.29, 1.82) is 0 Å². The predicted molar refractivity (Wildman–Crippen MR) is 90.4 cm³/mol. The van der Waals surface area contributed by atoms with Crippen molar-refractivity contribution in [2.24, 2.45) is 0 Å². The van der Waals surface area contributed by atoms with Crippen molar-refractivity contribution in [3.8, 4) is 0 Å². The second-order valence-corrected chi connectivity index (χ2v) is 6.36. The van der Waals surface area contributed by atoms with E-state index in [1.54, 1.807) is 0 Å². The normalized spacial score (nSPS) is 11.3. The standard InChI is InChI=1S/C17H27N5/c1-10(2)22-15(7)16(14(6)20-22)9-21(8)17-18-12(4)11(3)13(5)19-17/h10H,9H2,1-8H3. The van der Waals surface area contributed by atoms with Crippen LogP contribution in [0.2, 0.25) is 0 Å². The molecule has 0 N–H and O–H groups in total. The van der Waals surface area contributed by atoms with E-state index in [0.717, 1.165) is 35.1 Å². The maximum atomic E-state index is 4.65. The SMILES string of the molecule is Cc1nc(N(C)Cc2c(C)nn(C(C)C)c2C)nc(C)c1C. The fraction of sp³-hybridized carbons (Fsp3) is 0.588. The number of nitrogens with zero attached hydrogens (tertiary/aromatic N) is 5. The van der Waals surface area contributed by atoms with Gasteiger partial charge in [-0.2, -0.15) is 5.10 Å². The van der Waals surface area contributed by atoms with Crippen molar-refractivity contribution >= 4 is 5.95 Å². The fourth-order valence-electron chi connectivity index (χ4n) is 2.66. The van der Waals surface area contributed by atoms with Crippen molar-refractivity contribution < 1.29 is 0 Å². The number of aryl methyl sites for hydroxylation is 3. The summed E-state index contributed by atoms with van der Waals surface area (Å²) in [6.45, 7) is 15.4. The monoisotopic (exact) mass is 301 g/mol. The van der Waals surface area contributed by atoms with Gasteiger partial charge in [-0.15, -0.1) is 0 Å². The summed E-state index contributed by atoms with van der Waals surface area (Å²) in [5, 5.41) is 4.65. The minimum Gasteiger partial charge on any atom is -0.339 e. The van der Waals surface area contributed by atoms with Gasteiger partial charge in [-0.05, 0) is 54.0 Å². The van der Waals surface area contributed by atoms with Crippen LogP contribution in [0.1, 0.15) is 53.8 Å². The summed E-state index contributed by atoms with van der Waals surface area (Å²) in [6.07, 6.45) is 0. The summed E-state index contributed by atoms with van der Waals surface area (Å²) < 4.78 is 2.09. The maximum absolute atomic E-state index is 4.65. The van der Waals surface area contributed by atoms with Crippen molar-refractivity contribution in [3.63, 3.8) is 0 Å². The number of rotatable bonds is 4. The van der Waals surface area contributed by atoms with E-state index >= 15 is 0 Å². The van der Waals surface area contributed by atoms with Crippen LogP contribution < -0.4 is 4.90 Å². The summed E-state index contributed by atoms with van der Waals surface area (Å²) in [7, 11) is 2.04. The lowest BCUT2D eigenvalue weighted by molar-refractivity contribution is 0.515. The lowest BCUT2D eigenvalue weighted by Crippen LogP contribution is -2.21. The molecule has 5 nitrogen and oxygen atoms in total. The summed E-state index contributed by atoms with van der Waals surface area (Å²) >= 11 is 0. The molecule has 0 aromatic carbocycles. The lowest BCUT2D eigenvalue weighted by Gasteiger charge is -2.19. The Morgan fingerprint density at radius 1 is 0.955 bits per heavy atom. The van der Waals surface area contributed by atoms with E-state index in [2.05, 4.69) is 59.3 Å². The molecule has 5 heteroatoms. The van der Waals surface area contributed by atoms with Crippen molar-refractivity contribution in [2.45, 2.75) is 61.1 Å². The number of anilines is 1. The molecule has 0 aliphatic rings. The third kappa shape index (κ3) is 2.98. The first-order valence-corrected chi connectivity index (χ1v) is 7.80. The summed E-state index contributed by atoms with van der Waals surface area (Å²) in [5.74, 6) is 0.775. The van der Waals surface area contributed by atoms with Crippen LogP contribution in [-0.4, -0.2) is 26.8 Å². The zero-order chi connectivity index (χ0) is 16.6.